The number of hydrogen-bond acceptors (Lipinski definition) is 2. The Morgan fingerprint density at radius 2 is 1.90 bits per heavy atom. The Kier molecular flexibility index (Phi) is 2.21. The van der Waals surface area contributed by atoms with Crippen molar-refractivity contribution in [1.82, 2.24) is 0 Å². The fourth-order valence-electron chi connectivity index (χ4n) is 0.783. The van der Waals surface area contributed by atoms with E-state index in [1.165, 1.54) is 0 Å². The quantitative estimate of drug-likeness (QED) is 0.471. The molecule has 2 N–H and O–H groups in total. The zero-order valence-electron chi connectivity index (χ0n) is 5.96. The molecule has 0 unspecified atom stereocenters. The van der Waals surface area contributed by atoms with Crippen LogP contribution in [0.1, 0.15) is 0 Å². The molecule has 0 aliphatic rings. The molecule has 3 heteroatoms. The van der Waals surface area contributed by atoms with Crippen LogP contribution < -0.4 is 5.23 Å². The van der Waals surface area contributed by atoms with Gasteiger partial charge < -0.3 is 10.3 Å². The smallest absolute Gasteiger partial charge is 0.229 e. The molecule has 0 fully saturated rings. The third kappa shape index (κ3) is 1.69. The topological polar surface area (TPSA) is 32.3 Å². The largest absolute Gasteiger partial charge is 0.508 e. The van der Waals surface area contributed by atoms with Gasteiger partial charge in [-0.15, -0.1) is 0 Å². The van der Waals surface area contributed by atoms with Crippen LogP contribution in [0.5, 0.6) is 5.75 Å². The highest BCUT2D eigenvalue weighted by molar-refractivity contribution is 6.38. The van der Waals surface area contributed by atoms with Gasteiger partial charge in [0.2, 0.25) is 7.41 Å². The van der Waals surface area contributed by atoms with Crippen LogP contribution in [0, 0.1) is 0 Å². The molecule has 0 radical (unpaired) electrons. The summed E-state index contributed by atoms with van der Waals surface area (Å²) in [6.45, 7) is 2.03. The normalized spacial score (nSPS) is 8.90. The maximum absolute atomic E-state index is 8.90. The van der Waals surface area contributed by atoms with Crippen LogP contribution in [0.25, 0.3) is 0 Å². The molecule has 1 aromatic rings. The predicted molar refractivity (Wildman–Crippen MR) is 44.7 cm³/mol. The van der Waals surface area contributed by atoms with E-state index in [0.717, 1.165) is 13.1 Å². The van der Waals surface area contributed by atoms with E-state index in [9.17, 15) is 0 Å². The van der Waals surface area contributed by atoms with Crippen molar-refractivity contribution < 1.29 is 5.11 Å². The summed E-state index contributed by atoms with van der Waals surface area (Å²) in [6, 6.07) is 7.02. The molecule has 10 heavy (non-hydrogen) atoms. The van der Waals surface area contributed by atoms with Crippen LogP contribution in [-0.4, -0.2) is 12.5 Å². The van der Waals surface area contributed by atoms with E-state index >= 15 is 0 Å². The summed E-state index contributed by atoms with van der Waals surface area (Å²) in [5, 5.41) is 12.0. The maximum Gasteiger partial charge on any atom is 0.229 e. The van der Waals surface area contributed by atoms with Crippen LogP contribution in [0.3, 0.4) is 0 Å². The van der Waals surface area contributed by atoms with E-state index in [4.69, 9.17) is 5.11 Å². The van der Waals surface area contributed by atoms with E-state index < -0.39 is 0 Å². The fraction of sp³-hybridized carbons (Fsp3) is 0.143. The van der Waals surface area contributed by atoms with Crippen molar-refractivity contribution in [2.75, 3.05) is 5.23 Å². The summed E-state index contributed by atoms with van der Waals surface area (Å²) in [7, 11) is 0.908. The highest BCUT2D eigenvalue weighted by Gasteiger charge is 1.88. The zero-order valence-corrected chi connectivity index (χ0v) is 5.96. The lowest BCUT2D eigenvalue weighted by Crippen LogP contribution is -1.99. The summed E-state index contributed by atoms with van der Waals surface area (Å²) >= 11 is 0. The van der Waals surface area contributed by atoms with Crippen LogP contribution >= 0.6 is 0 Å². The first kappa shape index (κ1) is 7.00. The SMILES string of the molecule is CBNc1ccc(O)cc1. The Balaban J connectivity index is 2.69. The molecule has 0 saturated carbocycles. The summed E-state index contributed by atoms with van der Waals surface area (Å²) < 4.78 is 0. The molecular weight excluding hydrogens is 125 g/mol. The molecule has 0 saturated heterocycles. The number of phenols is 1. The van der Waals surface area contributed by atoms with E-state index in [1.807, 2.05) is 19.0 Å². The number of anilines is 1. The first-order valence-electron chi connectivity index (χ1n) is 3.36. The number of aromatic hydroxyl groups is 1. The lowest BCUT2D eigenvalue weighted by molar-refractivity contribution is 0.475. The maximum atomic E-state index is 8.90. The van der Waals surface area contributed by atoms with Crippen LogP contribution in [0.4, 0.5) is 5.69 Å². The summed E-state index contributed by atoms with van der Waals surface area (Å²) in [5.74, 6) is 0.307. The van der Waals surface area contributed by atoms with Gasteiger partial charge in [-0.2, -0.15) is 0 Å². The number of benzene rings is 1. The average molecular weight is 135 g/mol. The van der Waals surface area contributed by atoms with E-state index in [0.29, 0.717) is 5.75 Å². The Morgan fingerprint density at radius 1 is 1.30 bits per heavy atom. The van der Waals surface area contributed by atoms with Crippen LogP contribution in [-0.2, 0) is 0 Å². The van der Waals surface area contributed by atoms with Gasteiger partial charge in [0.15, 0.2) is 0 Å². The Hall–Kier alpha value is -1.12. The minimum Gasteiger partial charge on any atom is -0.508 e. The molecule has 0 amide bonds. The monoisotopic (exact) mass is 135 g/mol. The molecule has 0 aromatic heterocycles. The van der Waals surface area contributed by atoms with Gasteiger partial charge in [-0.05, 0) is 24.3 Å². The standard InChI is InChI=1S/C7H10BNO/c1-8-9-6-2-4-7(10)5-3-6/h2-5,8-10H,1H3. The minimum absolute atomic E-state index is 0.307. The molecule has 0 spiro atoms. The molecule has 0 aliphatic heterocycles. The Morgan fingerprint density at radius 3 is 2.40 bits per heavy atom. The highest BCUT2D eigenvalue weighted by atomic mass is 16.3. The molecule has 1 rings (SSSR count). The van der Waals surface area contributed by atoms with Gasteiger partial charge in [0, 0.05) is 5.69 Å². The number of hydrogen-bond donors (Lipinski definition) is 2. The van der Waals surface area contributed by atoms with E-state index in [-0.39, 0.29) is 0 Å². The number of rotatable bonds is 2. The molecule has 52 valence electrons. The predicted octanol–water partition coefficient (Wildman–Crippen LogP) is 1.20. The molecule has 1 aromatic carbocycles. The molecule has 0 atom stereocenters. The summed E-state index contributed by atoms with van der Waals surface area (Å²) in [4.78, 5) is 0. The molecule has 2 nitrogen and oxygen atoms in total. The van der Waals surface area contributed by atoms with Crippen molar-refractivity contribution in [1.29, 1.82) is 0 Å². The lowest BCUT2D eigenvalue weighted by atomic mass is 10.00. The third-order valence-electron chi connectivity index (χ3n) is 1.25. The average Bonchev–Trinajstić information content (AvgIpc) is 1.95. The van der Waals surface area contributed by atoms with Gasteiger partial charge in [0.1, 0.15) is 5.75 Å². The highest BCUT2D eigenvalue weighted by Crippen LogP contribution is 2.12. The first-order valence-corrected chi connectivity index (χ1v) is 3.36. The second-order valence-corrected chi connectivity index (χ2v) is 2.08. The molecule has 0 heterocycles. The van der Waals surface area contributed by atoms with E-state index in [2.05, 4.69) is 5.23 Å². The first-order chi connectivity index (χ1) is 4.83. The number of phenolic OH excluding ortho intramolecular Hbond substituents is 1. The van der Waals surface area contributed by atoms with Gasteiger partial charge in [-0.25, -0.2) is 0 Å². The number of nitrogens with one attached hydrogen (secondary N) is 1. The second-order valence-electron chi connectivity index (χ2n) is 2.08. The van der Waals surface area contributed by atoms with Gasteiger partial charge >= 0.3 is 0 Å². The van der Waals surface area contributed by atoms with Gasteiger partial charge in [-0.1, -0.05) is 6.82 Å². The van der Waals surface area contributed by atoms with Crippen molar-refractivity contribution in [2.24, 2.45) is 0 Å². The van der Waals surface area contributed by atoms with Crippen molar-refractivity contribution in [2.45, 2.75) is 6.82 Å². The Labute approximate surface area is 61.2 Å². The van der Waals surface area contributed by atoms with Gasteiger partial charge in [0.25, 0.3) is 0 Å². The van der Waals surface area contributed by atoms with Crippen molar-refractivity contribution >= 4 is 13.1 Å². The minimum atomic E-state index is 0.307. The van der Waals surface area contributed by atoms with Gasteiger partial charge in [-0.3, -0.25) is 0 Å². The van der Waals surface area contributed by atoms with Gasteiger partial charge in [0.05, 0.1) is 0 Å². The zero-order chi connectivity index (χ0) is 7.40. The summed E-state index contributed by atoms with van der Waals surface area (Å²) in [5.41, 5.74) is 1.04. The Bertz CT molecular complexity index is 197. The van der Waals surface area contributed by atoms with Crippen molar-refractivity contribution in [3.63, 3.8) is 0 Å². The third-order valence-corrected chi connectivity index (χ3v) is 1.25. The molecule has 0 bridgehead atoms. The summed E-state index contributed by atoms with van der Waals surface area (Å²) in [6.07, 6.45) is 0. The fourth-order valence-corrected chi connectivity index (χ4v) is 0.783. The molecular formula is C7H10BNO. The van der Waals surface area contributed by atoms with Crippen LogP contribution in [0.2, 0.25) is 6.82 Å². The van der Waals surface area contributed by atoms with E-state index in [1.54, 1.807) is 12.1 Å². The van der Waals surface area contributed by atoms with Crippen LogP contribution in [0.15, 0.2) is 24.3 Å². The van der Waals surface area contributed by atoms with Crippen molar-refractivity contribution in [3.05, 3.63) is 24.3 Å². The van der Waals surface area contributed by atoms with Crippen molar-refractivity contribution in [3.8, 4) is 5.75 Å². The molecule has 0 aliphatic carbocycles. The lowest BCUT2D eigenvalue weighted by Gasteiger charge is -2.00. The second kappa shape index (κ2) is 3.15.